The predicted octanol–water partition coefficient (Wildman–Crippen LogP) is 5.19. The van der Waals surface area contributed by atoms with Gasteiger partial charge in [-0.3, -0.25) is 0 Å². The third-order valence-corrected chi connectivity index (χ3v) is 6.54. The zero-order chi connectivity index (χ0) is 17.4. The molecule has 0 unspecified atom stereocenters. The van der Waals surface area contributed by atoms with Gasteiger partial charge in [-0.15, -0.1) is 22.7 Å². The van der Waals surface area contributed by atoms with Crippen LogP contribution in [0.15, 0.2) is 52.2 Å². The topological polar surface area (TPSA) is 69.2 Å². The molecular formula is C17H13N3O2S3. The molecule has 5 nitrogen and oxygen atoms in total. The highest BCUT2D eigenvalue weighted by Crippen LogP contribution is 2.37. The second-order valence-corrected chi connectivity index (χ2v) is 8.25. The third-order valence-electron chi connectivity index (χ3n) is 3.69. The van der Waals surface area contributed by atoms with Crippen LogP contribution in [0.3, 0.4) is 0 Å². The number of nitrogens with one attached hydrogen (secondary N) is 1. The summed E-state index contributed by atoms with van der Waals surface area (Å²) >= 11 is 4.24. The van der Waals surface area contributed by atoms with Crippen molar-refractivity contribution >= 4 is 57.2 Å². The molecule has 0 aliphatic rings. The molecule has 0 saturated carbocycles. The van der Waals surface area contributed by atoms with Gasteiger partial charge in [0.05, 0.1) is 21.8 Å². The zero-order valence-corrected chi connectivity index (χ0v) is 15.5. The summed E-state index contributed by atoms with van der Waals surface area (Å²) in [4.78, 5) is 20.2. The van der Waals surface area contributed by atoms with Crippen LogP contribution in [0.2, 0.25) is 0 Å². The molecule has 0 amide bonds. The molecule has 4 aromatic rings. The number of anilines is 1. The molecule has 0 aliphatic heterocycles. The number of fused-ring (bicyclic) bond motifs is 1. The average molecular weight is 388 g/mol. The first-order valence-electron chi connectivity index (χ1n) is 7.37. The number of aromatic amines is 1. The van der Waals surface area contributed by atoms with Gasteiger partial charge in [-0.25, -0.2) is 9.78 Å². The SMILES string of the molecule is CN(Sc1ccsc1C(=O)O)c1cccc2cc(-c3nccs3)[nH]c12. The maximum Gasteiger partial charge on any atom is 0.347 e. The predicted molar refractivity (Wildman–Crippen MR) is 105 cm³/mol. The highest BCUT2D eigenvalue weighted by Gasteiger charge is 2.17. The van der Waals surface area contributed by atoms with Gasteiger partial charge in [0.1, 0.15) is 9.88 Å². The average Bonchev–Trinajstić information content (AvgIpc) is 3.33. The van der Waals surface area contributed by atoms with Crippen LogP contribution in [0.1, 0.15) is 9.67 Å². The normalized spacial score (nSPS) is 11.1. The second-order valence-electron chi connectivity index (χ2n) is 5.27. The summed E-state index contributed by atoms with van der Waals surface area (Å²) < 4.78 is 1.99. The van der Waals surface area contributed by atoms with Crippen molar-refractivity contribution in [1.29, 1.82) is 0 Å². The Bertz CT molecular complexity index is 1040. The molecule has 0 radical (unpaired) electrons. The Labute approximate surface area is 156 Å². The molecular weight excluding hydrogens is 374 g/mol. The van der Waals surface area contributed by atoms with Crippen LogP contribution < -0.4 is 4.31 Å². The first kappa shape index (κ1) is 16.2. The lowest BCUT2D eigenvalue weighted by atomic mass is 10.2. The van der Waals surface area contributed by atoms with E-state index in [1.54, 1.807) is 22.9 Å². The van der Waals surface area contributed by atoms with Crippen LogP contribution in [0.5, 0.6) is 0 Å². The number of aromatic nitrogens is 2. The number of carboxylic acids is 1. The van der Waals surface area contributed by atoms with Crippen LogP contribution in [-0.4, -0.2) is 28.1 Å². The number of nitrogens with zero attached hydrogens (tertiary/aromatic N) is 2. The summed E-state index contributed by atoms with van der Waals surface area (Å²) in [5, 5.41) is 15.1. The van der Waals surface area contributed by atoms with Gasteiger partial charge in [0.25, 0.3) is 0 Å². The van der Waals surface area contributed by atoms with Gasteiger partial charge >= 0.3 is 5.97 Å². The number of para-hydroxylation sites is 1. The number of thiophene rings is 1. The Hall–Kier alpha value is -2.29. The van der Waals surface area contributed by atoms with Gasteiger partial charge in [-0.05, 0) is 35.5 Å². The number of rotatable bonds is 5. The van der Waals surface area contributed by atoms with Gasteiger partial charge in [-0.2, -0.15) is 0 Å². The Morgan fingerprint density at radius 1 is 1.28 bits per heavy atom. The summed E-state index contributed by atoms with van der Waals surface area (Å²) in [7, 11) is 1.94. The van der Waals surface area contributed by atoms with Crippen molar-refractivity contribution in [2.75, 3.05) is 11.4 Å². The fourth-order valence-electron chi connectivity index (χ4n) is 2.60. The van der Waals surface area contributed by atoms with E-state index in [0.717, 1.165) is 32.2 Å². The van der Waals surface area contributed by atoms with E-state index in [1.165, 1.54) is 23.3 Å². The quantitative estimate of drug-likeness (QED) is 0.461. The van der Waals surface area contributed by atoms with E-state index in [-0.39, 0.29) is 0 Å². The van der Waals surface area contributed by atoms with Crippen molar-refractivity contribution < 1.29 is 9.90 Å². The molecule has 0 aliphatic carbocycles. The third kappa shape index (κ3) is 3.04. The van der Waals surface area contributed by atoms with E-state index >= 15 is 0 Å². The molecule has 126 valence electrons. The van der Waals surface area contributed by atoms with Crippen molar-refractivity contribution in [3.8, 4) is 10.7 Å². The van der Waals surface area contributed by atoms with Crippen molar-refractivity contribution in [3.05, 3.63) is 52.2 Å². The molecule has 3 heterocycles. The van der Waals surface area contributed by atoms with Gasteiger partial charge < -0.3 is 14.4 Å². The summed E-state index contributed by atoms with van der Waals surface area (Å²) in [6.07, 6.45) is 1.79. The maximum atomic E-state index is 11.3. The molecule has 4 rings (SSSR count). The zero-order valence-electron chi connectivity index (χ0n) is 13.1. The largest absolute Gasteiger partial charge is 0.477 e. The number of H-pyrrole nitrogens is 1. The minimum Gasteiger partial charge on any atom is -0.477 e. The van der Waals surface area contributed by atoms with Gasteiger partial charge in [0.15, 0.2) is 0 Å². The number of hydrogen-bond acceptors (Lipinski definition) is 6. The van der Waals surface area contributed by atoms with E-state index in [2.05, 4.69) is 22.1 Å². The molecule has 0 atom stereocenters. The number of benzene rings is 1. The number of hydrogen-bond donors (Lipinski definition) is 2. The molecule has 0 saturated heterocycles. The molecule has 0 fully saturated rings. The lowest BCUT2D eigenvalue weighted by Crippen LogP contribution is -2.07. The Kier molecular flexibility index (Phi) is 4.24. The van der Waals surface area contributed by atoms with Crippen molar-refractivity contribution in [1.82, 2.24) is 9.97 Å². The monoisotopic (exact) mass is 387 g/mol. The molecule has 25 heavy (non-hydrogen) atoms. The number of carbonyl (C=O) groups is 1. The van der Waals surface area contributed by atoms with E-state index in [4.69, 9.17) is 0 Å². The van der Waals surface area contributed by atoms with E-state index in [0.29, 0.717) is 4.88 Å². The Morgan fingerprint density at radius 2 is 2.16 bits per heavy atom. The molecule has 8 heteroatoms. The van der Waals surface area contributed by atoms with Crippen LogP contribution in [-0.2, 0) is 0 Å². The minimum atomic E-state index is -0.893. The van der Waals surface area contributed by atoms with Crippen LogP contribution in [0, 0.1) is 0 Å². The molecule has 3 aromatic heterocycles. The first-order chi connectivity index (χ1) is 12.1. The Morgan fingerprint density at radius 3 is 2.92 bits per heavy atom. The molecule has 1 aromatic carbocycles. The lowest BCUT2D eigenvalue weighted by Gasteiger charge is -2.18. The summed E-state index contributed by atoms with van der Waals surface area (Å²) in [6.45, 7) is 0. The second kappa shape index (κ2) is 6.55. The van der Waals surface area contributed by atoms with Gasteiger partial charge in [-0.1, -0.05) is 12.1 Å². The maximum absolute atomic E-state index is 11.3. The number of carboxylic acid groups (broad SMARTS) is 1. The van der Waals surface area contributed by atoms with Crippen molar-refractivity contribution in [3.63, 3.8) is 0 Å². The fourth-order valence-corrected chi connectivity index (χ4v) is 5.02. The van der Waals surface area contributed by atoms with Crippen LogP contribution in [0.4, 0.5) is 5.69 Å². The number of thiazole rings is 1. The standard InChI is InChI=1S/C17H13N3O2S3/c1-20(25-13-5-7-23-15(13)17(21)22)12-4-2-3-10-9-11(19-14(10)12)16-18-6-8-24-16/h2-9,19H,1H3,(H,21,22). The minimum absolute atomic E-state index is 0.360. The van der Waals surface area contributed by atoms with Gasteiger partial charge in [0.2, 0.25) is 0 Å². The highest BCUT2D eigenvalue weighted by molar-refractivity contribution is 8.00. The fraction of sp³-hybridized carbons (Fsp3) is 0.0588. The Balaban J connectivity index is 1.71. The highest BCUT2D eigenvalue weighted by atomic mass is 32.2. The summed E-state index contributed by atoms with van der Waals surface area (Å²) in [5.74, 6) is -0.893. The van der Waals surface area contributed by atoms with Crippen molar-refractivity contribution in [2.45, 2.75) is 4.90 Å². The van der Waals surface area contributed by atoms with E-state index < -0.39 is 5.97 Å². The van der Waals surface area contributed by atoms with E-state index in [1.807, 2.05) is 34.9 Å². The van der Waals surface area contributed by atoms with Gasteiger partial charge in [0, 0.05) is 24.0 Å². The van der Waals surface area contributed by atoms with Crippen LogP contribution >= 0.6 is 34.6 Å². The molecule has 0 bridgehead atoms. The first-order valence-corrected chi connectivity index (χ1v) is 9.91. The van der Waals surface area contributed by atoms with Crippen LogP contribution in [0.25, 0.3) is 21.6 Å². The molecule has 2 N–H and O–H groups in total. The number of aromatic carboxylic acids is 1. The molecule has 0 spiro atoms. The smallest absolute Gasteiger partial charge is 0.347 e. The summed E-state index contributed by atoms with van der Waals surface area (Å²) in [5.41, 5.74) is 2.99. The van der Waals surface area contributed by atoms with Crippen molar-refractivity contribution in [2.24, 2.45) is 0 Å². The summed E-state index contributed by atoms with van der Waals surface area (Å²) in [6, 6.07) is 10.00. The lowest BCUT2D eigenvalue weighted by molar-refractivity contribution is 0.0699. The van der Waals surface area contributed by atoms with E-state index in [9.17, 15) is 9.90 Å².